The Labute approximate surface area is 119 Å². The van der Waals surface area contributed by atoms with E-state index in [1.165, 1.54) is 0 Å². The number of hydrogen-bond donors (Lipinski definition) is 2. The van der Waals surface area contributed by atoms with Crippen molar-refractivity contribution in [1.29, 1.82) is 0 Å². The van der Waals surface area contributed by atoms with Crippen molar-refractivity contribution in [3.05, 3.63) is 23.8 Å². The van der Waals surface area contributed by atoms with Gasteiger partial charge < -0.3 is 20.5 Å². The van der Waals surface area contributed by atoms with E-state index in [0.29, 0.717) is 19.8 Å². The Morgan fingerprint density at radius 3 is 2.85 bits per heavy atom. The van der Waals surface area contributed by atoms with E-state index >= 15 is 0 Å². The van der Waals surface area contributed by atoms with Crippen LogP contribution in [0.4, 0.5) is 0 Å². The molecule has 0 aromatic heterocycles. The number of hydrogen-bond acceptors (Lipinski definition) is 4. The lowest BCUT2D eigenvalue weighted by Gasteiger charge is -2.17. The maximum atomic E-state index is 11.9. The molecule has 1 aromatic rings. The number of benzene rings is 1. The molecule has 1 atom stereocenters. The highest BCUT2D eigenvalue weighted by atomic mass is 16.5. The van der Waals surface area contributed by atoms with Gasteiger partial charge in [0, 0.05) is 18.5 Å². The van der Waals surface area contributed by atoms with Crippen LogP contribution in [0, 0.1) is 5.92 Å². The molecule has 1 aromatic carbocycles. The number of ether oxygens (including phenoxy) is 2. The smallest absolute Gasteiger partial charge is 0.237 e. The number of carbonyl (C=O) groups excluding carboxylic acids is 1. The summed E-state index contributed by atoms with van der Waals surface area (Å²) in [6.45, 7) is 5.53. The SMILES string of the molecule is CC(C)[C@H](N)C(=O)NCc1cccc2c1OCCCO2. The zero-order valence-corrected chi connectivity index (χ0v) is 12.0. The van der Waals surface area contributed by atoms with Gasteiger partial charge in [0.25, 0.3) is 0 Å². The second-order valence-corrected chi connectivity index (χ2v) is 5.28. The van der Waals surface area contributed by atoms with Gasteiger partial charge in [-0.15, -0.1) is 0 Å². The van der Waals surface area contributed by atoms with Crippen molar-refractivity contribution < 1.29 is 14.3 Å². The van der Waals surface area contributed by atoms with Crippen LogP contribution in [0.3, 0.4) is 0 Å². The van der Waals surface area contributed by atoms with Crippen molar-refractivity contribution in [1.82, 2.24) is 5.32 Å². The van der Waals surface area contributed by atoms with E-state index < -0.39 is 6.04 Å². The molecule has 1 amide bonds. The monoisotopic (exact) mass is 278 g/mol. The number of fused-ring (bicyclic) bond motifs is 1. The van der Waals surface area contributed by atoms with Gasteiger partial charge in [0.05, 0.1) is 19.3 Å². The van der Waals surface area contributed by atoms with Gasteiger partial charge in [-0.25, -0.2) is 0 Å². The van der Waals surface area contributed by atoms with Crippen LogP contribution < -0.4 is 20.5 Å². The average molecular weight is 278 g/mol. The minimum absolute atomic E-state index is 0.113. The van der Waals surface area contributed by atoms with Crippen LogP contribution in [0.25, 0.3) is 0 Å². The van der Waals surface area contributed by atoms with E-state index in [2.05, 4.69) is 5.32 Å². The number of carbonyl (C=O) groups is 1. The Morgan fingerprint density at radius 2 is 2.10 bits per heavy atom. The van der Waals surface area contributed by atoms with Crippen molar-refractivity contribution in [2.24, 2.45) is 11.7 Å². The fraction of sp³-hybridized carbons (Fsp3) is 0.533. The van der Waals surface area contributed by atoms with Gasteiger partial charge in [-0.1, -0.05) is 26.0 Å². The Balaban J connectivity index is 2.05. The molecule has 0 aliphatic carbocycles. The van der Waals surface area contributed by atoms with Gasteiger partial charge in [-0.3, -0.25) is 4.79 Å². The van der Waals surface area contributed by atoms with Gasteiger partial charge in [-0.05, 0) is 12.0 Å². The van der Waals surface area contributed by atoms with E-state index in [1.807, 2.05) is 32.0 Å². The molecule has 0 spiro atoms. The summed E-state index contributed by atoms with van der Waals surface area (Å²) in [6, 6.07) is 5.22. The molecular formula is C15H22N2O3. The molecule has 0 saturated heterocycles. The van der Waals surface area contributed by atoms with Crippen molar-refractivity contribution in [3.63, 3.8) is 0 Å². The molecule has 0 bridgehead atoms. The molecule has 0 radical (unpaired) electrons. The van der Waals surface area contributed by atoms with E-state index in [9.17, 15) is 4.79 Å². The summed E-state index contributed by atoms with van der Waals surface area (Å²) in [5.41, 5.74) is 6.73. The summed E-state index contributed by atoms with van der Waals surface area (Å²) >= 11 is 0. The third-order valence-corrected chi connectivity index (χ3v) is 3.33. The van der Waals surface area contributed by atoms with Crippen LogP contribution in [-0.4, -0.2) is 25.2 Å². The third-order valence-electron chi connectivity index (χ3n) is 3.33. The fourth-order valence-electron chi connectivity index (χ4n) is 2.00. The van der Waals surface area contributed by atoms with Gasteiger partial charge in [0.1, 0.15) is 0 Å². The summed E-state index contributed by atoms with van der Waals surface area (Å²) in [6.07, 6.45) is 0.860. The first-order valence-corrected chi connectivity index (χ1v) is 7.00. The second-order valence-electron chi connectivity index (χ2n) is 5.28. The second kappa shape index (κ2) is 6.61. The first kappa shape index (κ1) is 14.7. The van der Waals surface area contributed by atoms with Crippen molar-refractivity contribution in [2.75, 3.05) is 13.2 Å². The van der Waals surface area contributed by atoms with Crippen molar-refractivity contribution >= 4 is 5.91 Å². The Hall–Kier alpha value is -1.75. The van der Waals surface area contributed by atoms with E-state index in [-0.39, 0.29) is 11.8 Å². The highest BCUT2D eigenvalue weighted by Gasteiger charge is 2.19. The number of para-hydroxylation sites is 1. The molecule has 1 heterocycles. The van der Waals surface area contributed by atoms with Gasteiger partial charge in [0.2, 0.25) is 5.91 Å². The van der Waals surface area contributed by atoms with E-state index in [1.54, 1.807) is 0 Å². The van der Waals surface area contributed by atoms with Crippen LogP contribution >= 0.6 is 0 Å². The molecule has 0 saturated carbocycles. The van der Waals surface area contributed by atoms with Crippen LogP contribution in [0.1, 0.15) is 25.8 Å². The Bertz CT molecular complexity index is 474. The lowest BCUT2D eigenvalue weighted by atomic mass is 10.0. The maximum absolute atomic E-state index is 11.9. The summed E-state index contributed by atoms with van der Waals surface area (Å²) in [7, 11) is 0. The number of nitrogens with one attached hydrogen (secondary N) is 1. The predicted octanol–water partition coefficient (Wildman–Crippen LogP) is 1.45. The first-order chi connectivity index (χ1) is 9.59. The summed E-state index contributed by atoms with van der Waals surface area (Å²) in [4.78, 5) is 11.9. The fourth-order valence-corrected chi connectivity index (χ4v) is 2.00. The van der Waals surface area contributed by atoms with Gasteiger partial charge in [0.15, 0.2) is 11.5 Å². The molecular weight excluding hydrogens is 256 g/mol. The first-order valence-electron chi connectivity index (χ1n) is 7.00. The van der Waals surface area contributed by atoms with Crippen LogP contribution in [0.5, 0.6) is 11.5 Å². The predicted molar refractivity (Wildman–Crippen MR) is 76.7 cm³/mol. The van der Waals surface area contributed by atoms with Crippen LogP contribution in [0.2, 0.25) is 0 Å². The minimum Gasteiger partial charge on any atom is -0.490 e. The lowest BCUT2D eigenvalue weighted by molar-refractivity contribution is -0.123. The zero-order valence-electron chi connectivity index (χ0n) is 12.0. The molecule has 20 heavy (non-hydrogen) atoms. The molecule has 0 unspecified atom stereocenters. The molecule has 5 heteroatoms. The molecule has 0 fully saturated rings. The maximum Gasteiger partial charge on any atom is 0.237 e. The van der Waals surface area contributed by atoms with Crippen molar-refractivity contribution in [2.45, 2.75) is 32.9 Å². The number of rotatable bonds is 4. The molecule has 1 aliphatic heterocycles. The topological polar surface area (TPSA) is 73.6 Å². The molecule has 110 valence electrons. The Morgan fingerprint density at radius 1 is 1.35 bits per heavy atom. The standard InChI is InChI=1S/C15H22N2O3/c1-10(2)13(16)15(18)17-9-11-5-3-6-12-14(11)20-8-4-7-19-12/h3,5-6,10,13H,4,7-9,16H2,1-2H3,(H,17,18)/t13-/m0/s1. The molecule has 2 rings (SSSR count). The molecule has 1 aliphatic rings. The largest absolute Gasteiger partial charge is 0.490 e. The zero-order chi connectivity index (χ0) is 14.5. The lowest BCUT2D eigenvalue weighted by Crippen LogP contribution is -2.43. The average Bonchev–Trinajstić information content (AvgIpc) is 2.69. The van der Waals surface area contributed by atoms with Crippen LogP contribution in [-0.2, 0) is 11.3 Å². The van der Waals surface area contributed by atoms with Gasteiger partial charge >= 0.3 is 0 Å². The quantitative estimate of drug-likeness (QED) is 0.874. The van der Waals surface area contributed by atoms with E-state index in [4.69, 9.17) is 15.2 Å². The summed E-state index contributed by atoms with van der Waals surface area (Å²) in [5, 5.41) is 2.85. The summed E-state index contributed by atoms with van der Waals surface area (Å²) in [5.74, 6) is 1.43. The molecule has 3 N–H and O–H groups in total. The Kier molecular flexibility index (Phi) is 4.84. The number of amides is 1. The minimum atomic E-state index is -0.491. The normalized spacial score (nSPS) is 15.6. The summed E-state index contributed by atoms with van der Waals surface area (Å²) < 4.78 is 11.3. The van der Waals surface area contributed by atoms with Crippen LogP contribution in [0.15, 0.2) is 18.2 Å². The highest BCUT2D eigenvalue weighted by Crippen LogP contribution is 2.33. The van der Waals surface area contributed by atoms with E-state index in [0.717, 1.165) is 23.5 Å². The van der Waals surface area contributed by atoms with Crippen molar-refractivity contribution in [3.8, 4) is 11.5 Å². The molecule has 5 nitrogen and oxygen atoms in total. The highest BCUT2D eigenvalue weighted by molar-refractivity contribution is 5.81. The van der Waals surface area contributed by atoms with Gasteiger partial charge in [-0.2, -0.15) is 0 Å². The third kappa shape index (κ3) is 3.42. The number of nitrogens with two attached hydrogens (primary N) is 1.